The number of benzene rings is 1. The lowest BCUT2D eigenvalue weighted by molar-refractivity contribution is 0.0159. The highest BCUT2D eigenvalue weighted by Crippen LogP contribution is 2.41. The zero-order chi connectivity index (χ0) is 13.1. The summed E-state index contributed by atoms with van der Waals surface area (Å²) in [4.78, 5) is 2.68. The Labute approximate surface area is 117 Å². The Morgan fingerprint density at radius 2 is 1.74 bits per heavy atom. The first-order chi connectivity index (χ1) is 9.36. The van der Waals surface area contributed by atoms with Gasteiger partial charge in [-0.05, 0) is 49.1 Å². The van der Waals surface area contributed by atoms with Crippen molar-refractivity contribution in [1.29, 1.82) is 0 Å². The molecule has 2 nitrogen and oxygen atoms in total. The molecule has 0 radical (unpaired) electrons. The van der Waals surface area contributed by atoms with Crippen molar-refractivity contribution in [3.63, 3.8) is 0 Å². The molecule has 2 atom stereocenters. The summed E-state index contributed by atoms with van der Waals surface area (Å²) >= 11 is 0. The maximum atomic E-state index is 5.81. The van der Waals surface area contributed by atoms with Crippen molar-refractivity contribution in [3.05, 3.63) is 35.9 Å². The molecule has 104 valence electrons. The predicted octanol–water partition coefficient (Wildman–Crippen LogP) is 2.88. The summed E-state index contributed by atoms with van der Waals surface area (Å²) in [5, 5.41) is 0. The Morgan fingerprint density at radius 3 is 2.37 bits per heavy atom. The van der Waals surface area contributed by atoms with Crippen molar-refractivity contribution >= 4 is 0 Å². The molecule has 2 N–H and O–H groups in total. The minimum absolute atomic E-state index is 0.871. The van der Waals surface area contributed by atoms with Gasteiger partial charge in [0, 0.05) is 19.6 Å². The highest BCUT2D eigenvalue weighted by Gasteiger charge is 2.38. The van der Waals surface area contributed by atoms with Crippen LogP contribution in [-0.4, -0.2) is 24.5 Å². The standard InChI is InChI=1S/C17H26N2/c18-10-9-17-15-7-4-8-16(17)13-19(12-15)11-14-5-2-1-3-6-14/h1-3,5-6,15-17H,4,7-13,18H2. The molecule has 0 aromatic heterocycles. The number of likely N-dealkylation sites (tertiary alicyclic amines) is 1. The van der Waals surface area contributed by atoms with Gasteiger partial charge < -0.3 is 5.73 Å². The van der Waals surface area contributed by atoms with E-state index in [4.69, 9.17) is 5.73 Å². The Bertz CT molecular complexity index is 376. The predicted molar refractivity (Wildman–Crippen MR) is 79.7 cm³/mol. The number of nitrogens with zero attached hydrogens (tertiary/aromatic N) is 1. The summed E-state index contributed by atoms with van der Waals surface area (Å²) < 4.78 is 0. The molecule has 1 saturated carbocycles. The van der Waals surface area contributed by atoms with E-state index in [1.165, 1.54) is 44.3 Å². The molecule has 2 aliphatic rings. The fourth-order valence-electron chi connectivity index (χ4n) is 4.28. The lowest BCUT2D eigenvalue weighted by atomic mass is 9.67. The molecule has 2 heteroatoms. The molecule has 1 aliphatic heterocycles. The molecular formula is C17H26N2. The second-order valence-corrected chi connectivity index (χ2v) is 6.37. The van der Waals surface area contributed by atoms with Crippen molar-refractivity contribution in [2.24, 2.45) is 23.5 Å². The van der Waals surface area contributed by atoms with Crippen LogP contribution < -0.4 is 5.73 Å². The van der Waals surface area contributed by atoms with E-state index in [-0.39, 0.29) is 0 Å². The summed E-state index contributed by atoms with van der Waals surface area (Å²) in [7, 11) is 0. The van der Waals surface area contributed by atoms with Crippen LogP contribution in [0.2, 0.25) is 0 Å². The normalized spacial score (nSPS) is 31.3. The largest absolute Gasteiger partial charge is 0.330 e. The van der Waals surface area contributed by atoms with Crippen molar-refractivity contribution in [2.75, 3.05) is 19.6 Å². The van der Waals surface area contributed by atoms with Crippen molar-refractivity contribution in [2.45, 2.75) is 32.2 Å². The average molecular weight is 258 g/mol. The topological polar surface area (TPSA) is 29.3 Å². The third-order valence-corrected chi connectivity index (χ3v) is 5.10. The van der Waals surface area contributed by atoms with Crippen molar-refractivity contribution in [3.8, 4) is 0 Å². The van der Waals surface area contributed by atoms with Gasteiger partial charge >= 0.3 is 0 Å². The highest BCUT2D eigenvalue weighted by atomic mass is 15.1. The third-order valence-electron chi connectivity index (χ3n) is 5.10. The number of hydrogen-bond acceptors (Lipinski definition) is 2. The van der Waals surface area contributed by atoms with Crippen LogP contribution in [0.1, 0.15) is 31.2 Å². The fourth-order valence-corrected chi connectivity index (χ4v) is 4.28. The monoisotopic (exact) mass is 258 g/mol. The molecule has 19 heavy (non-hydrogen) atoms. The van der Waals surface area contributed by atoms with Crippen LogP contribution in [0.15, 0.2) is 30.3 Å². The summed E-state index contributed by atoms with van der Waals surface area (Å²) in [6.07, 6.45) is 5.53. The summed E-state index contributed by atoms with van der Waals surface area (Å²) in [5.74, 6) is 2.71. The van der Waals surface area contributed by atoms with Gasteiger partial charge in [0.05, 0.1) is 0 Å². The van der Waals surface area contributed by atoms with Gasteiger partial charge in [-0.2, -0.15) is 0 Å². The Hall–Kier alpha value is -0.860. The third kappa shape index (κ3) is 3.01. The van der Waals surface area contributed by atoms with E-state index in [1.807, 2.05) is 0 Å². The van der Waals surface area contributed by atoms with Gasteiger partial charge in [0.15, 0.2) is 0 Å². The Kier molecular flexibility index (Phi) is 4.19. The number of hydrogen-bond donors (Lipinski definition) is 1. The Balaban J connectivity index is 1.64. The fraction of sp³-hybridized carbons (Fsp3) is 0.647. The van der Waals surface area contributed by atoms with E-state index in [0.717, 1.165) is 30.8 Å². The van der Waals surface area contributed by atoms with Crippen LogP contribution in [0, 0.1) is 17.8 Å². The molecule has 1 saturated heterocycles. The molecular weight excluding hydrogens is 232 g/mol. The highest BCUT2D eigenvalue weighted by molar-refractivity contribution is 5.14. The molecule has 2 bridgehead atoms. The Morgan fingerprint density at radius 1 is 1.05 bits per heavy atom. The number of nitrogens with two attached hydrogens (primary N) is 1. The molecule has 0 spiro atoms. The van der Waals surface area contributed by atoms with Crippen LogP contribution in [0.5, 0.6) is 0 Å². The van der Waals surface area contributed by atoms with Gasteiger partial charge in [0.2, 0.25) is 0 Å². The lowest BCUT2D eigenvalue weighted by Crippen LogP contribution is -2.48. The van der Waals surface area contributed by atoms with Crippen LogP contribution in [0.25, 0.3) is 0 Å². The van der Waals surface area contributed by atoms with Crippen LogP contribution in [0.4, 0.5) is 0 Å². The average Bonchev–Trinajstić information content (AvgIpc) is 2.41. The van der Waals surface area contributed by atoms with Gasteiger partial charge in [0.1, 0.15) is 0 Å². The molecule has 2 unspecified atom stereocenters. The zero-order valence-corrected chi connectivity index (χ0v) is 11.8. The van der Waals surface area contributed by atoms with E-state index in [1.54, 1.807) is 0 Å². The molecule has 0 amide bonds. The minimum atomic E-state index is 0.871. The van der Waals surface area contributed by atoms with Crippen molar-refractivity contribution in [1.82, 2.24) is 4.90 Å². The zero-order valence-electron chi connectivity index (χ0n) is 11.8. The van der Waals surface area contributed by atoms with E-state index < -0.39 is 0 Å². The molecule has 2 fully saturated rings. The molecule has 1 aliphatic carbocycles. The summed E-state index contributed by atoms with van der Waals surface area (Å²) in [6.45, 7) is 4.58. The van der Waals surface area contributed by atoms with Crippen LogP contribution >= 0.6 is 0 Å². The number of rotatable bonds is 4. The summed E-state index contributed by atoms with van der Waals surface area (Å²) in [6, 6.07) is 10.9. The second-order valence-electron chi connectivity index (χ2n) is 6.37. The van der Waals surface area contributed by atoms with Gasteiger partial charge in [-0.15, -0.1) is 0 Å². The first-order valence-electron chi connectivity index (χ1n) is 7.83. The number of piperidine rings is 1. The van der Waals surface area contributed by atoms with Crippen molar-refractivity contribution < 1.29 is 0 Å². The first kappa shape index (κ1) is 13.1. The molecule has 3 rings (SSSR count). The lowest BCUT2D eigenvalue weighted by Gasteiger charge is -2.47. The SMILES string of the molecule is NCCC1C2CCCC1CN(Cc1ccccc1)C2. The maximum absolute atomic E-state index is 5.81. The van der Waals surface area contributed by atoms with Gasteiger partial charge in [0.25, 0.3) is 0 Å². The quantitative estimate of drug-likeness (QED) is 0.900. The minimum Gasteiger partial charge on any atom is -0.330 e. The van der Waals surface area contributed by atoms with E-state index in [0.29, 0.717) is 0 Å². The molecule has 1 aromatic rings. The van der Waals surface area contributed by atoms with E-state index >= 15 is 0 Å². The van der Waals surface area contributed by atoms with Gasteiger partial charge in [-0.1, -0.05) is 36.8 Å². The van der Waals surface area contributed by atoms with Crippen LogP contribution in [0.3, 0.4) is 0 Å². The van der Waals surface area contributed by atoms with Crippen LogP contribution in [-0.2, 0) is 6.54 Å². The van der Waals surface area contributed by atoms with E-state index in [9.17, 15) is 0 Å². The second kappa shape index (κ2) is 6.06. The first-order valence-corrected chi connectivity index (χ1v) is 7.83. The number of fused-ring (bicyclic) bond motifs is 2. The van der Waals surface area contributed by atoms with Gasteiger partial charge in [-0.25, -0.2) is 0 Å². The van der Waals surface area contributed by atoms with E-state index in [2.05, 4.69) is 35.2 Å². The smallest absolute Gasteiger partial charge is 0.0233 e. The maximum Gasteiger partial charge on any atom is 0.0233 e. The molecule has 1 heterocycles. The molecule has 1 aromatic carbocycles. The summed E-state index contributed by atoms with van der Waals surface area (Å²) in [5.41, 5.74) is 7.26. The van der Waals surface area contributed by atoms with Gasteiger partial charge in [-0.3, -0.25) is 4.90 Å².